The third-order valence-electron chi connectivity index (χ3n) is 2.98. The van der Waals surface area contributed by atoms with Crippen LogP contribution < -0.4 is 0 Å². The third-order valence-corrected chi connectivity index (χ3v) is 2.98. The maximum Gasteiger partial charge on any atom is 0.222 e. The van der Waals surface area contributed by atoms with E-state index in [9.17, 15) is 4.79 Å². The molecular formula is C13H16NO. The van der Waals surface area contributed by atoms with Crippen LogP contribution in [-0.2, 0) is 4.79 Å². The highest BCUT2D eigenvalue weighted by molar-refractivity contribution is 5.62. The topological polar surface area (TPSA) is 20.3 Å². The Morgan fingerprint density at radius 3 is 2.33 bits per heavy atom. The Morgan fingerprint density at radius 1 is 1.07 bits per heavy atom. The van der Waals surface area contributed by atoms with Crippen LogP contribution in [0.5, 0.6) is 0 Å². The predicted octanol–water partition coefficient (Wildman–Crippen LogP) is 2.32. The van der Waals surface area contributed by atoms with Gasteiger partial charge < -0.3 is 0 Å². The van der Waals surface area contributed by atoms with E-state index in [1.165, 1.54) is 19.3 Å². The number of rotatable bonds is 3. The molecule has 2 nitrogen and oxygen atoms in total. The molecule has 0 spiro atoms. The molecular weight excluding hydrogens is 186 g/mol. The van der Waals surface area contributed by atoms with Crippen LogP contribution in [0, 0.1) is 0 Å². The minimum absolute atomic E-state index is 0.161. The standard InChI is InChI=1S/C13H16NO/c15-11-13(12-7-3-1-4-8-12)14-9-5-2-6-10-14/h1,3-4,7-8,13H,2,5-6,9-10H2/t13-/m0/s1. The summed E-state index contributed by atoms with van der Waals surface area (Å²) in [5, 5.41) is 0. The van der Waals surface area contributed by atoms with Crippen LogP contribution in [0.3, 0.4) is 0 Å². The Morgan fingerprint density at radius 2 is 1.73 bits per heavy atom. The lowest BCUT2D eigenvalue weighted by molar-refractivity contribution is 0.199. The number of carbonyl (C=O) groups excluding carboxylic acids is 1. The minimum Gasteiger partial charge on any atom is -0.290 e. The summed E-state index contributed by atoms with van der Waals surface area (Å²) in [6, 6.07) is 9.77. The molecule has 0 saturated carbocycles. The van der Waals surface area contributed by atoms with Crippen LogP contribution in [-0.4, -0.2) is 24.3 Å². The summed E-state index contributed by atoms with van der Waals surface area (Å²) in [5.74, 6) is 0. The van der Waals surface area contributed by atoms with Crippen molar-refractivity contribution in [2.24, 2.45) is 0 Å². The summed E-state index contributed by atoms with van der Waals surface area (Å²) in [4.78, 5) is 13.3. The molecule has 1 aliphatic rings. The van der Waals surface area contributed by atoms with Gasteiger partial charge in [0.25, 0.3) is 0 Å². The SMILES string of the molecule is O=[C][C@@H](c1ccccc1)N1CCCCC1. The first-order valence-electron chi connectivity index (χ1n) is 5.58. The first-order chi connectivity index (χ1) is 7.42. The van der Waals surface area contributed by atoms with E-state index in [0.717, 1.165) is 18.7 Å². The number of hydrogen-bond donors (Lipinski definition) is 0. The molecule has 0 N–H and O–H groups in total. The lowest BCUT2D eigenvalue weighted by atomic mass is 10.0. The second kappa shape index (κ2) is 5.08. The summed E-state index contributed by atoms with van der Waals surface area (Å²) in [5.41, 5.74) is 1.06. The van der Waals surface area contributed by atoms with Gasteiger partial charge in [-0.15, -0.1) is 0 Å². The molecule has 0 aliphatic carbocycles. The number of benzene rings is 1. The van der Waals surface area contributed by atoms with Crippen molar-refractivity contribution in [2.45, 2.75) is 25.3 Å². The minimum atomic E-state index is -0.161. The fraction of sp³-hybridized carbons (Fsp3) is 0.462. The molecule has 1 atom stereocenters. The van der Waals surface area contributed by atoms with Gasteiger partial charge in [0.05, 0.1) is 0 Å². The van der Waals surface area contributed by atoms with Gasteiger partial charge in [-0.1, -0.05) is 36.8 Å². The molecule has 2 rings (SSSR count). The first kappa shape index (κ1) is 10.4. The molecule has 1 aromatic carbocycles. The van der Waals surface area contributed by atoms with E-state index in [1.54, 1.807) is 0 Å². The zero-order chi connectivity index (χ0) is 10.5. The van der Waals surface area contributed by atoms with Crippen molar-refractivity contribution in [3.8, 4) is 0 Å². The highest BCUT2D eigenvalue weighted by Gasteiger charge is 2.21. The van der Waals surface area contributed by atoms with Gasteiger partial charge in [0.1, 0.15) is 6.04 Å². The van der Waals surface area contributed by atoms with Gasteiger partial charge in [0, 0.05) is 0 Å². The molecule has 1 aromatic rings. The lowest BCUT2D eigenvalue weighted by Gasteiger charge is -2.31. The Labute approximate surface area is 90.9 Å². The fourth-order valence-corrected chi connectivity index (χ4v) is 2.17. The van der Waals surface area contributed by atoms with E-state index >= 15 is 0 Å². The van der Waals surface area contributed by atoms with Gasteiger partial charge in [-0.05, 0) is 31.5 Å². The number of piperidine rings is 1. The van der Waals surface area contributed by atoms with Crippen molar-refractivity contribution in [2.75, 3.05) is 13.1 Å². The smallest absolute Gasteiger partial charge is 0.222 e. The van der Waals surface area contributed by atoms with E-state index in [2.05, 4.69) is 11.2 Å². The fourth-order valence-electron chi connectivity index (χ4n) is 2.17. The molecule has 0 bridgehead atoms. The average molecular weight is 202 g/mol. The molecule has 1 heterocycles. The van der Waals surface area contributed by atoms with Crippen LogP contribution in [0.1, 0.15) is 30.9 Å². The van der Waals surface area contributed by atoms with Gasteiger partial charge in [-0.2, -0.15) is 0 Å². The van der Waals surface area contributed by atoms with Crippen molar-refractivity contribution in [3.05, 3.63) is 35.9 Å². The van der Waals surface area contributed by atoms with Gasteiger partial charge in [-0.3, -0.25) is 9.69 Å². The van der Waals surface area contributed by atoms with E-state index in [4.69, 9.17) is 0 Å². The van der Waals surface area contributed by atoms with Crippen LogP contribution in [0.2, 0.25) is 0 Å². The van der Waals surface area contributed by atoms with Crippen molar-refractivity contribution >= 4 is 6.29 Å². The second-order valence-corrected chi connectivity index (χ2v) is 4.03. The molecule has 2 heteroatoms. The molecule has 0 aromatic heterocycles. The second-order valence-electron chi connectivity index (χ2n) is 4.03. The average Bonchev–Trinajstić information content (AvgIpc) is 2.33. The van der Waals surface area contributed by atoms with Crippen LogP contribution in [0.4, 0.5) is 0 Å². The predicted molar refractivity (Wildman–Crippen MR) is 60.3 cm³/mol. The molecule has 1 aliphatic heterocycles. The molecule has 0 amide bonds. The largest absolute Gasteiger partial charge is 0.290 e. The highest BCUT2D eigenvalue weighted by Crippen LogP contribution is 2.22. The maximum atomic E-state index is 11.0. The third kappa shape index (κ3) is 2.45. The normalized spacial score (nSPS) is 19.7. The van der Waals surface area contributed by atoms with E-state index in [-0.39, 0.29) is 6.04 Å². The zero-order valence-electron chi connectivity index (χ0n) is 8.86. The number of nitrogens with zero attached hydrogens (tertiary/aromatic N) is 1. The van der Waals surface area contributed by atoms with Crippen molar-refractivity contribution in [3.63, 3.8) is 0 Å². The van der Waals surface area contributed by atoms with Gasteiger partial charge in [0.2, 0.25) is 6.29 Å². The van der Waals surface area contributed by atoms with Gasteiger partial charge in [0.15, 0.2) is 0 Å². The van der Waals surface area contributed by atoms with Gasteiger partial charge in [-0.25, -0.2) is 0 Å². The maximum absolute atomic E-state index is 11.0. The van der Waals surface area contributed by atoms with Crippen molar-refractivity contribution < 1.29 is 4.79 Å². The molecule has 79 valence electrons. The zero-order valence-corrected chi connectivity index (χ0v) is 8.86. The van der Waals surface area contributed by atoms with Crippen LogP contribution in [0.25, 0.3) is 0 Å². The van der Waals surface area contributed by atoms with E-state index in [0.29, 0.717) is 0 Å². The number of hydrogen-bond acceptors (Lipinski definition) is 2. The van der Waals surface area contributed by atoms with Crippen molar-refractivity contribution in [1.82, 2.24) is 4.90 Å². The summed E-state index contributed by atoms with van der Waals surface area (Å²) < 4.78 is 0. The highest BCUT2D eigenvalue weighted by atomic mass is 16.1. The lowest BCUT2D eigenvalue weighted by Crippen LogP contribution is -2.34. The summed E-state index contributed by atoms with van der Waals surface area (Å²) >= 11 is 0. The quantitative estimate of drug-likeness (QED) is 0.749. The Balaban J connectivity index is 2.12. The molecule has 1 radical (unpaired) electrons. The first-order valence-corrected chi connectivity index (χ1v) is 5.58. The molecule has 0 unspecified atom stereocenters. The molecule has 1 saturated heterocycles. The Bertz CT molecular complexity index is 304. The van der Waals surface area contributed by atoms with E-state index < -0.39 is 0 Å². The van der Waals surface area contributed by atoms with E-state index in [1.807, 2.05) is 30.3 Å². The van der Waals surface area contributed by atoms with Crippen molar-refractivity contribution in [1.29, 1.82) is 0 Å². The van der Waals surface area contributed by atoms with Crippen LogP contribution in [0.15, 0.2) is 30.3 Å². The number of likely N-dealkylation sites (tertiary alicyclic amines) is 1. The molecule has 15 heavy (non-hydrogen) atoms. The monoisotopic (exact) mass is 202 g/mol. The Hall–Kier alpha value is -1.15. The summed E-state index contributed by atoms with van der Waals surface area (Å²) in [6.07, 6.45) is 5.85. The molecule has 1 fully saturated rings. The van der Waals surface area contributed by atoms with Crippen LogP contribution >= 0.6 is 0 Å². The summed E-state index contributed by atoms with van der Waals surface area (Å²) in [7, 11) is 0. The summed E-state index contributed by atoms with van der Waals surface area (Å²) in [6.45, 7) is 2.05. The Kier molecular flexibility index (Phi) is 3.51. The van der Waals surface area contributed by atoms with Gasteiger partial charge >= 0.3 is 0 Å².